The minimum atomic E-state index is -2.06. The summed E-state index contributed by atoms with van der Waals surface area (Å²) < 4.78 is 56.0. The van der Waals surface area contributed by atoms with Gasteiger partial charge in [-0.15, -0.1) is 0 Å². The van der Waals surface area contributed by atoms with Gasteiger partial charge in [-0.25, -0.2) is 13.6 Å². The number of carbonyl (C=O) groups is 1. The molecule has 2 heterocycles. The second kappa shape index (κ2) is 13.7. The summed E-state index contributed by atoms with van der Waals surface area (Å²) >= 11 is 6.74. The molecule has 0 aromatic heterocycles. The van der Waals surface area contributed by atoms with Crippen LogP contribution < -0.4 is 14.4 Å². The van der Waals surface area contributed by atoms with Gasteiger partial charge < -0.3 is 28.4 Å². The summed E-state index contributed by atoms with van der Waals surface area (Å²) in [6.07, 6.45) is -0.250. The van der Waals surface area contributed by atoms with Crippen molar-refractivity contribution in [2.75, 3.05) is 44.9 Å². The van der Waals surface area contributed by atoms with Gasteiger partial charge in [0.05, 0.1) is 42.5 Å². The fraction of sp³-hybridized carbons (Fsp3) is 0.474. The van der Waals surface area contributed by atoms with E-state index in [0.29, 0.717) is 30.1 Å². The monoisotopic (exact) mass is 725 g/mol. The third-order valence-electron chi connectivity index (χ3n) is 9.97. The van der Waals surface area contributed by atoms with E-state index in [9.17, 15) is 10.1 Å². The fourth-order valence-electron chi connectivity index (χ4n) is 6.46. The Morgan fingerprint density at radius 1 is 1.04 bits per heavy atom. The number of piperazine rings is 1. The van der Waals surface area contributed by atoms with Crippen molar-refractivity contribution in [2.45, 2.75) is 77.2 Å². The van der Waals surface area contributed by atoms with Gasteiger partial charge >= 0.3 is 6.09 Å². The number of hydrogen-bond acceptors (Lipinski definition) is 7. The third kappa shape index (κ3) is 7.03. The number of carbonyl (C=O) groups excluding carboxylic acids is 1. The maximum absolute atomic E-state index is 16.7. The van der Waals surface area contributed by atoms with Gasteiger partial charge in [-0.2, -0.15) is 5.26 Å². The molecule has 268 valence electrons. The number of ether oxygens (including phenoxy) is 3. The lowest BCUT2D eigenvalue weighted by molar-refractivity contribution is 0.0164. The van der Waals surface area contributed by atoms with Gasteiger partial charge in [-0.3, -0.25) is 0 Å². The number of methoxy groups -OCH3 is 1. The van der Waals surface area contributed by atoms with Crippen LogP contribution in [0.3, 0.4) is 0 Å². The van der Waals surface area contributed by atoms with Crippen LogP contribution in [-0.4, -0.2) is 64.9 Å². The highest BCUT2D eigenvalue weighted by molar-refractivity contribution is 6.74. The Balaban J connectivity index is 1.60. The number of rotatable bonds is 8. The number of halogens is 3. The van der Waals surface area contributed by atoms with Gasteiger partial charge in [0.1, 0.15) is 23.8 Å². The molecule has 0 saturated carbocycles. The lowest BCUT2D eigenvalue weighted by Crippen LogP contribution is -2.60. The Morgan fingerprint density at radius 2 is 1.76 bits per heavy atom. The van der Waals surface area contributed by atoms with E-state index in [1.165, 1.54) is 18.2 Å². The van der Waals surface area contributed by atoms with Crippen molar-refractivity contribution < 1.29 is 32.2 Å². The lowest BCUT2D eigenvalue weighted by atomic mass is 9.82. The van der Waals surface area contributed by atoms with E-state index < -0.39 is 37.2 Å². The van der Waals surface area contributed by atoms with Gasteiger partial charge in [0.15, 0.2) is 19.9 Å². The molecule has 1 saturated heterocycles. The molecule has 1 amide bonds. The molecule has 0 radical (unpaired) electrons. The summed E-state index contributed by atoms with van der Waals surface area (Å²) in [5, 5.41) is 9.86. The van der Waals surface area contributed by atoms with Gasteiger partial charge in [-0.05, 0) is 80.4 Å². The first-order valence-corrected chi connectivity index (χ1v) is 20.0. The zero-order valence-electron chi connectivity index (χ0n) is 30.3. The number of benzene rings is 3. The average molecular weight is 726 g/mol. The molecular weight excluding hydrogens is 680 g/mol. The number of nitrogens with zero attached hydrogens (tertiary/aromatic N) is 3. The molecule has 12 heteroatoms. The lowest BCUT2D eigenvalue weighted by Gasteiger charge is -2.48. The largest absolute Gasteiger partial charge is 0.497 e. The summed E-state index contributed by atoms with van der Waals surface area (Å²) in [7, 11) is -0.493. The predicted molar refractivity (Wildman–Crippen MR) is 194 cm³/mol. The zero-order valence-corrected chi connectivity index (χ0v) is 32.1. The van der Waals surface area contributed by atoms with E-state index in [-0.39, 0.29) is 58.7 Å². The molecular formula is C38H46ClF2N3O5Si. The first kappa shape index (κ1) is 37.4. The maximum Gasteiger partial charge on any atom is 0.410 e. The zero-order chi connectivity index (χ0) is 36.8. The Hall–Kier alpha value is -3.85. The van der Waals surface area contributed by atoms with E-state index in [4.69, 9.17) is 30.2 Å². The van der Waals surface area contributed by atoms with Crippen LogP contribution in [-0.2, 0) is 21.1 Å². The molecule has 1 fully saturated rings. The Labute approximate surface area is 299 Å². The predicted octanol–water partition coefficient (Wildman–Crippen LogP) is 9.07. The second-order valence-electron chi connectivity index (χ2n) is 15.4. The normalized spacial score (nSPS) is 17.6. The molecule has 8 nitrogen and oxygen atoms in total. The van der Waals surface area contributed by atoms with Crippen LogP contribution in [0.15, 0.2) is 42.5 Å². The maximum atomic E-state index is 16.7. The van der Waals surface area contributed by atoms with Crippen LogP contribution in [0.2, 0.25) is 23.2 Å². The standard InChI is InChI=1S/C38H46ClF2N3O5Si/c1-36(2,3)49-35(45)43-15-16-44-29-20-28(40)33(39)32(27(29)21-38(44,23-43)25-11-10-12-26(19-25)46-7)31-24(22-42)13-14-30(34(31)41)47-17-18-48-50(8,9)37(4,5)6/h10-14,19-20H,15-18,21,23H2,1-9H3. The van der Waals surface area contributed by atoms with Crippen molar-refractivity contribution in [3.8, 4) is 28.7 Å². The first-order chi connectivity index (χ1) is 23.3. The molecule has 1 atom stereocenters. The number of amides is 1. The Kier molecular flexibility index (Phi) is 10.2. The van der Waals surface area contributed by atoms with Crippen LogP contribution in [0, 0.1) is 23.0 Å². The molecule has 0 spiro atoms. The molecule has 2 aliphatic heterocycles. The molecule has 5 rings (SSSR count). The van der Waals surface area contributed by atoms with Crippen molar-refractivity contribution in [3.63, 3.8) is 0 Å². The Bertz CT molecular complexity index is 1830. The fourth-order valence-corrected chi connectivity index (χ4v) is 7.75. The van der Waals surface area contributed by atoms with Crippen LogP contribution in [0.25, 0.3) is 11.1 Å². The molecule has 0 bridgehead atoms. The quantitative estimate of drug-likeness (QED) is 0.169. The van der Waals surface area contributed by atoms with Crippen LogP contribution in [0.1, 0.15) is 58.2 Å². The molecule has 3 aromatic rings. The molecule has 3 aromatic carbocycles. The van der Waals surface area contributed by atoms with E-state index in [1.54, 1.807) is 12.0 Å². The van der Waals surface area contributed by atoms with Crippen LogP contribution >= 0.6 is 11.6 Å². The second-order valence-corrected chi connectivity index (χ2v) is 20.6. The van der Waals surface area contributed by atoms with Crippen LogP contribution in [0.5, 0.6) is 11.5 Å². The highest BCUT2D eigenvalue weighted by Gasteiger charge is 2.52. The van der Waals surface area contributed by atoms with E-state index in [0.717, 1.165) is 5.56 Å². The number of fused-ring (bicyclic) bond motifs is 3. The van der Waals surface area contributed by atoms with Crippen molar-refractivity contribution in [1.82, 2.24) is 4.90 Å². The van der Waals surface area contributed by atoms with Gasteiger partial charge in [0, 0.05) is 36.3 Å². The van der Waals surface area contributed by atoms with Crippen LogP contribution in [0.4, 0.5) is 19.3 Å². The topological polar surface area (TPSA) is 84.3 Å². The molecule has 2 aliphatic rings. The highest BCUT2D eigenvalue weighted by Crippen LogP contribution is 2.54. The summed E-state index contributed by atoms with van der Waals surface area (Å²) in [6, 6.07) is 13.8. The number of anilines is 1. The van der Waals surface area contributed by atoms with Crippen molar-refractivity contribution in [1.29, 1.82) is 5.26 Å². The van der Waals surface area contributed by atoms with Gasteiger partial charge in [0.25, 0.3) is 0 Å². The highest BCUT2D eigenvalue weighted by atomic mass is 35.5. The van der Waals surface area contributed by atoms with Gasteiger partial charge in [0.2, 0.25) is 0 Å². The number of nitriles is 1. The average Bonchev–Trinajstić information content (AvgIpc) is 3.37. The summed E-state index contributed by atoms with van der Waals surface area (Å²) in [4.78, 5) is 17.1. The van der Waals surface area contributed by atoms with E-state index in [2.05, 4.69) is 39.9 Å². The molecule has 0 N–H and O–H groups in total. The van der Waals surface area contributed by atoms with Crippen molar-refractivity contribution in [3.05, 3.63) is 75.8 Å². The Morgan fingerprint density at radius 3 is 2.40 bits per heavy atom. The summed E-state index contributed by atoms with van der Waals surface area (Å²) in [5.41, 5.74) is 0.164. The molecule has 0 aliphatic carbocycles. The van der Waals surface area contributed by atoms with Gasteiger partial charge in [-0.1, -0.05) is 44.5 Å². The molecule has 50 heavy (non-hydrogen) atoms. The SMILES string of the molecule is COc1cccc(C23Cc4c(cc(F)c(Cl)c4-c4c(C#N)ccc(OCCO[Si](C)(C)C(C)(C)C)c4F)N2CCN(C(=O)OC(C)(C)C)C3)c1. The minimum Gasteiger partial charge on any atom is -0.497 e. The van der Waals surface area contributed by atoms with E-state index in [1.807, 2.05) is 49.9 Å². The van der Waals surface area contributed by atoms with Crippen molar-refractivity contribution >= 4 is 31.7 Å². The first-order valence-electron chi connectivity index (χ1n) is 16.7. The van der Waals surface area contributed by atoms with Crippen molar-refractivity contribution in [2.24, 2.45) is 0 Å². The third-order valence-corrected chi connectivity index (χ3v) is 14.9. The smallest absolute Gasteiger partial charge is 0.410 e. The minimum absolute atomic E-state index is 0.00620. The van der Waals surface area contributed by atoms with E-state index >= 15 is 8.78 Å². The number of hydrogen-bond donors (Lipinski definition) is 0. The molecule has 1 unspecified atom stereocenters. The summed E-state index contributed by atoms with van der Waals surface area (Å²) in [6.45, 7) is 17.2. The summed E-state index contributed by atoms with van der Waals surface area (Å²) in [5.74, 6) is -1.07.